The Kier molecular flexibility index (Phi) is 8.72. The van der Waals surface area contributed by atoms with Gasteiger partial charge in [-0.25, -0.2) is 0 Å². The van der Waals surface area contributed by atoms with Gasteiger partial charge in [-0.05, 0) is 0 Å². The van der Waals surface area contributed by atoms with Gasteiger partial charge in [-0.1, -0.05) is 0 Å². The summed E-state index contributed by atoms with van der Waals surface area (Å²) in [6.07, 6.45) is 0. The molecule has 48 heavy (non-hydrogen) atoms. The van der Waals surface area contributed by atoms with Gasteiger partial charge >= 0.3 is 282 Å². The van der Waals surface area contributed by atoms with Crippen LogP contribution in [-0.4, -0.2) is 0 Å². The van der Waals surface area contributed by atoms with Crippen LogP contribution in [0.3, 0.4) is 0 Å². The molecular weight excluding hydrogens is 663 g/mol. The zero-order valence-corrected chi connectivity index (χ0v) is 28.2. The van der Waals surface area contributed by atoms with Crippen LogP contribution in [0.5, 0.6) is 34.5 Å². The van der Waals surface area contributed by atoms with Crippen molar-refractivity contribution in [2.24, 2.45) is 4.52 Å². The van der Waals surface area contributed by atoms with Crippen molar-refractivity contribution >= 4 is 23.7 Å². The normalized spacial score (nSPS) is 18.6. The second kappa shape index (κ2) is 13.2. The van der Waals surface area contributed by atoms with Crippen molar-refractivity contribution in [1.29, 1.82) is 0 Å². The molecule has 0 atom stereocenters. The molecule has 0 saturated carbocycles. The van der Waals surface area contributed by atoms with Gasteiger partial charge in [0.25, 0.3) is 0 Å². The molecule has 7 rings (SSSR count). The second-order valence-electron chi connectivity index (χ2n) is 10.5. The summed E-state index contributed by atoms with van der Waals surface area (Å²) in [5, 5.41) is 0. The summed E-state index contributed by atoms with van der Waals surface area (Å²) in [5.41, 5.74) is 0. The number of nitrogens with zero attached hydrogens (tertiary/aromatic N) is 1. The van der Waals surface area contributed by atoms with Gasteiger partial charge in [0.1, 0.15) is 0 Å². The first kappa shape index (κ1) is 31.6. The fourth-order valence-electron chi connectivity index (χ4n) is 4.88. The Morgan fingerprint density at radius 3 is 0.875 bits per heavy atom. The van der Waals surface area contributed by atoms with Crippen LogP contribution in [0, 0.1) is 0 Å². The average molecular weight is 696 g/mol. The van der Waals surface area contributed by atoms with Crippen molar-refractivity contribution in [1.82, 2.24) is 9.72 Å². The van der Waals surface area contributed by atoms with Crippen molar-refractivity contribution < 1.29 is 27.1 Å². The van der Waals surface area contributed by atoms with Crippen LogP contribution in [0.4, 0.5) is 0 Å². The molecule has 0 amide bonds. The van der Waals surface area contributed by atoms with Gasteiger partial charge in [-0.3, -0.25) is 0 Å². The van der Waals surface area contributed by atoms with E-state index in [0.29, 0.717) is 34.5 Å². The van der Waals surface area contributed by atoms with E-state index in [-0.39, 0.29) is 8.52 Å². The molecule has 0 unspecified atom stereocenters. The van der Waals surface area contributed by atoms with E-state index in [2.05, 4.69) is 9.72 Å². The van der Waals surface area contributed by atoms with Crippen LogP contribution < -0.4 is 36.9 Å². The first-order chi connectivity index (χ1) is 23.5. The van der Waals surface area contributed by atoms with Gasteiger partial charge in [0.05, 0.1) is 0 Å². The predicted octanol–water partition coefficient (Wildman–Crippen LogP) is 11.0. The minimum absolute atomic E-state index is 0.218. The molecule has 0 spiro atoms. The average Bonchev–Trinajstić information content (AvgIpc) is 3.11. The Labute approximate surface area is 280 Å². The second-order valence-corrected chi connectivity index (χ2v) is 17.6. The fraction of sp³-hybridized carbons (Fsp3) is 0. The van der Waals surface area contributed by atoms with Crippen molar-refractivity contribution in [3.8, 4) is 34.5 Å². The first-order valence-corrected chi connectivity index (χ1v) is 19.9. The van der Waals surface area contributed by atoms with Crippen molar-refractivity contribution in [2.45, 2.75) is 0 Å². The summed E-state index contributed by atoms with van der Waals surface area (Å²) in [6, 6.07) is 55.4. The van der Waals surface area contributed by atoms with E-state index in [4.69, 9.17) is 31.7 Å². The van der Waals surface area contributed by atoms with Gasteiger partial charge in [-0.15, -0.1) is 0 Å². The van der Waals surface area contributed by atoms with E-state index in [0.717, 1.165) is 0 Å². The molecule has 2 N–H and O–H groups in total. The van der Waals surface area contributed by atoms with Gasteiger partial charge in [0.15, 0.2) is 0 Å². The third-order valence-electron chi connectivity index (χ3n) is 6.83. The summed E-state index contributed by atoms with van der Waals surface area (Å²) in [4.78, 5) is 6.92. The zero-order chi connectivity index (χ0) is 32.6. The topological polar surface area (TPSA) is 91.8 Å². The Morgan fingerprint density at radius 2 is 0.604 bits per heavy atom. The third-order valence-corrected chi connectivity index (χ3v) is 16.1. The van der Waals surface area contributed by atoms with E-state index in [1.165, 1.54) is 0 Å². The molecule has 9 nitrogen and oxygen atoms in total. The Balaban J connectivity index is 1.53. The maximum atomic E-state index is 7.02. The monoisotopic (exact) mass is 695 g/mol. The molecule has 0 aromatic heterocycles. The zero-order valence-electron chi connectivity index (χ0n) is 25.6. The van der Waals surface area contributed by atoms with E-state index in [9.17, 15) is 0 Å². The molecule has 1 aliphatic heterocycles. The number of hydrogen-bond acceptors (Lipinski definition) is 9. The third kappa shape index (κ3) is 6.97. The van der Waals surface area contributed by atoms with Crippen molar-refractivity contribution in [2.75, 3.05) is 0 Å². The Morgan fingerprint density at radius 1 is 0.354 bits per heavy atom. The molecule has 0 fully saturated rings. The molecule has 1 aliphatic rings. The van der Waals surface area contributed by atoms with E-state index in [1.54, 1.807) is 36.4 Å². The van der Waals surface area contributed by atoms with Crippen LogP contribution in [-0.2, 0) is 0 Å². The molecule has 1 heterocycles. The molecule has 0 aliphatic carbocycles. The number of hydrogen-bond donors (Lipinski definition) is 2. The quantitative estimate of drug-likeness (QED) is 0.122. The van der Waals surface area contributed by atoms with Gasteiger partial charge in [0.2, 0.25) is 0 Å². The van der Waals surface area contributed by atoms with Crippen molar-refractivity contribution in [3.05, 3.63) is 182 Å². The number of rotatable bonds is 12. The molecule has 6 aromatic carbocycles. The Hall–Kier alpha value is -5.00. The van der Waals surface area contributed by atoms with Gasteiger partial charge < -0.3 is 0 Å². The van der Waals surface area contributed by atoms with Crippen molar-refractivity contribution in [3.63, 3.8) is 0 Å². The number of nitrogens with one attached hydrogen (secondary N) is 2. The summed E-state index contributed by atoms with van der Waals surface area (Å²) in [5.74, 6) is 2.59. The van der Waals surface area contributed by atoms with Gasteiger partial charge in [-0.2, -0.15) is 0 Å². The minimum atomic E-state index is -5.17. The first-order valence-electron chi connectivity index (χ1n) is 15.1. The molecule has 0 saturated heterocycles. The predicted molar refractivity (Wildman–Crippen MR) is 192 cm³/mol. The summed E-state index contributed by atoms with van der Waals surface area (Å²) >= 11 is 0. The summed E-state index contributed by atoms with van der Waals surface area (Å²) < 4.78 is 47.1. The molecular formula is C36H32N3O6P3. The standard InChI is InChI=1S/C36H32N3O6P3/c1-7-19-31(20-8-1)40-47(41-32-21-9-2-10-22-32,42-33-23-11-3-12-24-33)37-46-38-48(39-47,43-34-25-13-4-14-26-34,44-35-27-15-5-16-28-35)45-36-29-17-6-18-30-36/h1-30,39H,(H,37,38). The van der Waals surface area contributed by atoms with Crippen LogP contribution >= 0.6 is 23.7 Å². The summed E-state index contributed by atoms with van der Waals surface area (Å²) in [7, 11) is -10.0. The molecule has 12 heteroatoms. The maximum absolute atomic E-state index is 7.02. The van der Waals surface area contributed by atoms with Crippen LogP contribution in [0.2, 0.25) is 0 Å². The molecule has 6 aromatic rings. The van der Waals surface area contributed by atoms with Crippen LogP contribution in [0.15, 0.2) is 187 Å². The number of para-hydroxylation sites is 6. The van der Waals surface area contributed by atoms with Gasteiger partial charge in [0, 0.05) is 0 Å². The SMILES string of the molecule is c1ccc(OP2(Oc3ccccc3)(Oc3ccccc3)N=PNP(Oc3ccccc3)(Oc3ccccc3)(Oc3ccccc3)N2)cc1. The fourth-order valence-corrected chi connectivity index (χ4v) is 15.2. The number of benzene rings is 6. The van der Waals surface area contributed by atoms with Crippen LogP contribution in [0.25, 0.3) is 0 Å². The van der Waals surface area contributed by atoms with E-state index >= 15 is 0 Å². The van der Waals surface area contributed by atoms with Crippen LogP contribution in [0.1, 0.15) is 0 Å². The molecule has 0 bridgehead atoms. The Bertz CT molecular complexity index is 1760. The van der Waals surface area contributed by atoms with E-state index in [1.807, 2.05) is 146 Å². The molecule has 0 radical (unpaired) electrons. The summed E-state index contributed by atoms with van der Waals surface area (Å²) in [6.45, 7) is 0. The van der Waals surface area contributed by atoms with E-state index < -0.39 is 15.2 Å². The molecule has 242 valence electrons.